The number of aromatic nitrogens is 2. The average molecular weight is 243 g/mol. The molecule has 18 heavy (non-hydrogen) atoms. The van der Waals surface area contributed by atoms with E-state index in [-0.39, 0.29) is 0 Å². The maximum absolute atomic E-state index is 5.61. The Hall–Kier alpha value is -1.84. The quantitative estimate of drug-likeness (QED) is 0.900. The predicted molar refractivity (Wildman–Crippen MR) is 70.7 cm³/mol. The third kappa shape index (κ3) is 1.88. The maximum atomic E-state index is 5.61. The molecule has 0 atom stereocenters. The van der Waals surface area contributed by atoms with E-state index in [1.807, 2.05) is 19.1 Å². The molecule has 0 unspecified atom stereocenters. The van der Waals surface area contributed by atoms with Gasteiger partial charge in [-0.3, -0.25) is 0 Å². The summed E-state index contributed by atoms with van der Waals surface area (Å²) in [5.41, 5.74) is 2.45. The molecule has 94 valence electrons. The Morgan fingerprint density at radius 1 is 1.28 bits per heavy atom. The van der Waals surface area contributed by atoms with Gasteiger partial charge in [0.15, 0.2) is 11.6 Å². The fourth-order valence-corrected chi connectivity index (χ4v) is 2.41. The first kappa shape index (κ1) is 11.3. The van der Waals surface area contributed by atoms with Crippen molar-refractivity contribution in [1.82, 2.24) is 9.97 Å². The van der Waals surface area contributed by atoms with Gasteiger partial charge in [0.2, 0.25) is 0 Å². The van der Waals surface area contributed by atoms with Crippen LogP contribution in [0.5, 0.6) is 0 Å². The lowest BCUT2D eigenvalue weighted by atomic mass is 10.2. The summed E-state index contributed by atoms with van der Waals surface area (Å²) in [6.07, 6.45) is 3.29. The molecule has 0 radical (unpaired) electrons. The van der Waals surface area contributed by atoms with Gasteiger partial charge in [-0.15, -0.1) is 0 Å². The lowest BCUT2D eigenvalue weighted by Gasteiger charge is -2.09. The molecule has 2 aromatic rings. The molecule has 2 heterocycles. The first-order chi connectivity index (χ1) is 8.78. The number of furan rings is 1. The number of fused-ring (bicyclic) bond motifs is 1. The van der Waals surface area contributed by atoms with E-state index in [1.165, 1.54) is 17.7 Å². The molecule has 2 aromatic heterocycles. The summed E-state index contributed by atoms with van der Waals surface area (Å²) in [4.78, 5) is 9.24. The van der Waals surface area contributed by atoms with Gasteiger partial charge >= 0.3 is 0 Å². The summed E-state index contributed by atoms with van der Waals surface area (Å²) < 4.78 is 5.61. The minimum Gasteiger partial charge on any atom is -0.458 e. The lowest BCUT2D eigenvalue weighted by Crippen LogP contribution is -2.06. The first-order valence-corrected chi connectivity index (χ1v) is 6.48. The molecule has 0 saturated carbocycles. The summed E-state index contributed by atoms with van der Waals surface area (Å²) in [6.45, 7) is 4.89. The topological polar surface area (TPSA) is 51.0 Å². The highest BCUT2D eigenvalue weighted by atomic mass is 16.3. The molecule has 1 aliphatic rings. The predicted octanol–water partition coefficient (Wildman–Crippen LogP) is 2.97. The van der Waals surface area contributed by atoms with E-state index in [0.29, 0.717) is 5.82 Å². The van der Waals surface area contributed by atoms with Gasteiger partial charge in [-0.2, -0.15) is 0 Å². The van der Waals surface area contributed by atoms with Gasteiger partial charge in [-0.25, -0.2) is 9.97 Å². The van der Waals surface area contributed by atoms with Crippen molar-refractivity contribution in [3.8, 4) is 11.6 Å². The van der Waals surface area contributed by atoms with Crippen LogP contribution in [0, 0.1) is 6.92 Å². The highest BCUT2D eigenvalue weighted by Crippen LogP contribution is 2.29. The Morgan fingerprint density at radius 2 is 2.17 bits per heavy atom. The molecule has 4 heteroatoms. The zero-order chi connectivity index (χ0) is 12.5. The minimum absolute atomic E-state index is 0.694. The molecular formula is C14H17N3O. The Morgan fingerprint density at radius 3 is 2.89 bits per heavy atom. The number of hydrogen-bond acceptors (Lipinski definition) is 4. The van der Waals surface area contributed by atoms with Crippen LogP contribution in [0.25, 0.3) is 11.6 Å². The van der Waals surface area contributed by atoms with Crippen LogP contribution in [0.3, 0.4) is 0 Å². The molecule has 1 N–H and O–H groups in total. The number of nitrogens with one attached hydrogen (secondary N) is 1. The van der Waals surface area contributed by atoms with Crippen LogP contribution in [0.15, 0.2) is 16.5 Å². The van der Waals surface area contributed by atoms with Crippen molar-refractivity contribution >= 4 is 5.82 Å². The Labute approximate surface area is 106 Å². The Bertz CT molecular complexity index is 574. The van der Waals surface area contributed by atoms with Crippen molar-refractivity contribution in [3.05, 3.63) is 29.2 Å². The molecule has 0 aromatic carbocycles. The van der Waals surface area contributed by atoms with Crippen LogP contribution < -0.4 is 5.32 Å². The van der Waals surface area contributed by atoms with Gasteiger partial charge in [0.1, 0.15) is 11.6 Å². The number of hydrogen-bond donors (Lipinski definition) is 1. The minimum atomic E-state index is 0.694. The van der Waals surface area contributed by atoms with E-state index in [2.05, 4.69) is 22.2 Å². The van der Waals surface area contributed by atoms with Crippen molar-refractivity contribution in [1.29, 1.82) is 0 Å². The van der Waals surface area contributed by atoms with Crippen molar-refractivity contribution in [2.45, 2.75) is 33.1 Å². The zero-order valence-corrected chi connectivity index (χ0v) is 10.8. The SMILES string of the molecule is CCNc1nc(-c2ccc(C)o2)nc2c1CCC2. The summed E-state index contributed by atoms with van der Waals surface area (Å²) in [6, 6.07) is 3.88. The largest absolute Gasteiger partial charge is 0.458 e. The van der Waals surface area contributed by atoms with Crippen LogP contribution in [0.1, 0.15) is 30.4 Å². The van der Waals surface area contributed by atoms with Crippen molar-refractivity contribution in [2.75, 3.05) is 11.9 Å². The summed E-state index contributed by atoms with van der Waals surface area (Å²) >= 11 is 0. The van der Waals surface area contributed by atoms with E-state index in [4.69, 9.17) is 4.42 Å². The third-order valence-corrected chi connectivity index (χ3v) is 3.24. The Kier molecular flexibility index (Phi) is 2.78. The standard InChI is InChI=1S/C14H17N3O/c1-3-15-13-10-5-4-6-11(10)16-14(17-13)12-8-7-9(2)18-12/h7-8H,3-6H2,1-2H3,(H,15,16,17). The van der Waals surface area contributed by atoms with Gasteiger partial charge in [-0.05, 0) is 45.2 Å². The monoisotopic (exact) mass is 243 g/mol. The molecule has 0 saturated heterocycles. The van der Waals surface area contributed by atoms with Crippen LogP contribution in [0.4, 0.5) is 5.82 Å². The zero-order valence-electron chi connectivity index (χ0n) is 10.8. The second-order valence-corrected chi connectivity index (χ2v) is 4.62. The third-order valence-electron chi connectivity index (χ3n) is 3.24. The normalized spacial score (nSPS) is 13.7. The van der Waals surface area contributed by atoms with E-state index >= 15 is 0 Å². The van der Waals surface area contributed by atoms with Crippen molar-refractivity contribution in [2.24, 2.45) is 0 Å². The lowest BCUT2D eigenvalue weighted by molar-refractivity contribution is 0.544. The fraction of sp³-hybridized carbons (Fsp3) is 0.429. The summed E-state index contributed by atoms with van der Waals surface area (Å²) in [5, 5.41) is 3.33. The van der Waals surface area contributed by atoms with Gasteiger partial charge in [0.25, 0.3) is 0 Å². The Balaban J connectivity index is 2.08. The second kappa shape index (κ2) is 4.44. The van der Waals surface area contributed by atoms with Gasteiger partial charge in [0, 0.05) is 17.8 Å². The molecule has 0 bridgehead atoms. The van der Waals surface area contributed by atoms with Gasteiger partial charge in [-0.1, -0.05) is 0 Å². The van der Waals surface area contributed by atoms with Crippen LogP contribution in [-0.4, -0.2) is 16.5 Å². The number of nitrogens with zero attached hydrogens (tertiary/aromatic N) is 2. The van der Waals surface area contributed by atoms with E-state index in [1.54, 1.807) is 0 Å². The molecule has 1 aliphatic carbocycles. The van der Waals surface area contributed by atoms with Crippen LogP contribution in [-0.2, 0) is 12.8 Å². The van der Waals surface area contributed by atoms with Crippen LogP contribution in [0.2, 0.25) is 0 Å². The average Bonchev–Trinajstić information content (AvgIpc) is 2.97. The van der Waals surface area contributed by atoms with E-state index in [0.717, 1.165) is 36.7 Å². The molecular weight excluding hydrogens is 226 g/mol. The number of anilines is 1. The smallest absolute Gasteiger partial charge is 0.197 e. The molecule has 0 spiro atoms. The fourth-order valence-electron chi connectivity index (χ4n) is 2.41. The summed E-state index contributed by atoms with van der Waals surface area (Å²) in [5.74, 6) is 3.31. The first-order valence-electron chi connectivity index (χ1n) is 6.48. The molecule has 0 aliphatic heterocycles. The molecule has 3 rings (SSSR count). The number of rotatable bonds is 3. The maximum Gasteiger partial charge on any atom is 0.197 e. The highest BCUT2D eigenvalue weighted by molar-refractivity contribution is 5.57. The second-order valence-electron chi connectivity index (χ2n) is 4.62. The van der Waals surface area contributed by atoms with Crippen molar-refractivity contribution in [3.63, 3.8) is 0 Å². The van der Waals surface area contributed by atoms with Gasteiger partial charge in [0.05, 0.1) is 0 Å². The van der Waals surface area contributed by atoms with Gasteiger partial charge < -0.3 is 9.73 Å². The molecule has 4 nitrogen and oxygen atoms in total. The van der Waals surface area contributed by atoms with E-state index < -0.39 is 0 Å². The van der Waals surface area contributed by atoms with E-state index in [9.17, 15) is 0 Å². The summed E-state index contributed by atoms with van der Waals surface area (Å²) in [7, 11) is 0. The van der Waals surface area contributed by atoms with Crippen molar-refractivity contribution < 1.29 is 4.42 Å². The number of aryl methyl sites for hydroxylation is 2. The van der Waals surface area contributed by atoms with Crippen LogP contribution >= 0.6 is 0 Å². The highest BCUT2D eigenvalue weighted by Gasteiger charge is 2.20. The molecule has 0 amide bonds. The molecule has 0 fully saturated rings.